The number of anilines is 1. The molecule has 7 heteroatoms. The lowest BCUT2D eigenvalue weighted by molar-refractivity contribution is -0.115. The van der Waals surface area contributed by atoms with Gasteiger partial charge in [0.05, 0.1) is 20.6 Å². The number of nitrogens with one attached hydrogen (secondary N) is 1. The van der Waals surface area contributed by atoms with Crippen LogP contribution in [0.15, 0.2) is 18.2 Å². The van der Waals surface area contributed by atoms with E-state index in [2.05, 4.69) is 14.7 Å². The van der Waals surface area contributed by atoms with Gasteiger partial charge < -0.3 is 9.47 Å². The van der Waals surface area contributed by atoms with Gasteiger partial charge in [-0.15, -0.1) is 0 Å². The number of aromatic nitrogens is 2. The zero-order chi connectivity index (χ0) is 14.5. The molecule has 0 saturated carbocycles. The summed E-state index contributed by atoms with van der Waals surface area (Å²) in [5.41, 5.74) is 0.826. The van der Waals surface area contributed by atoms with Crippen molar-refractivity contribution < 1.29 is 14.3 Å². The fourth-order valence-corrected chi connectivity index (χ4v) is 2.13. The summed E-state index contributed by atoms with van der Waals surface area (Å²) in [5, 5.41) is 3.47. The first-order chi connectivity index (χ1) is 9.62. The van der Waals surface area contributed by atoms with Crippen LogP contribution in [-0.2, 0) is 11.2 Å². The van der Waals surface area contributed by atoms with E-state index >= 15 is 0 Å². The van der Waals surface area contributed by atoms with Crippen molar-refractivity contribution in [3.63, 3.8) is 0 Å². The Morgan fingerprint density at radius 1 is 1.30 bits per heavy atom. The maximum absolute atomic E-state index is 11.9. The molecule has 0 aliphatic heterocycles. The fraction of sp³-hybridized carbons (Fsp3) is 0.308. The number of hydrogen-bond donors (Lipinski definition) is 1. The monoisotopic (exact) mass is 293 g/mol. The summed E-state index contributed by atoms with van der Waals surface area (Å²) in [6, 6.07) is 5.37. The summed E-state index contributed by atoms with van der Waals surface area (Å²) in [6.45, 7) is 1.83. The predicted octanol–water partition coefficient (Wildman–Crippen LogP) is 2.04. The van der Waals surface area contributed by atoms with Crippen molar-refractivity contribution in [3.8, 4) is 11.5 Å². The van der Waals surface area contributed by atoms with E-state index in [1.165, 1.54) is 11.5 Å². The van der Waals surface area contributed by atoms with Crippen LogP contribution in [0.4, 0.5) is 5.95 Å². The molecule has 6 nitrogen and oxygen atoms in total. The number of benzene rings is 1. The third-order valence-corrected chi connectivity index (χ3v) is 3.21. The number of hydrogen-bond acceptors (Lipinski definition) is 6. The molecule has 20 heavy (non-hydrogen) atoms. The standard InChI is InChI=1S/C13H15N3O3S/c1-8-14-13(16-20-8)15-12(17)7-9-4-5-10(18-2)11(6-9)19-3/h4-6H,7H2,1-3H3,(H,15,16,17). The Morgan fingerprint density at radius 3 is 2.65 bits per heavy atom. The number of ether oxygens (including phenoxy) is 2. The smallest absolute Gasteiger partial charge is 0.241 e. The molecule has 0 aliphatic carbocycles. The summed E-state index contributed by atoms with van der Waals surface area (Å²) in [4.78, 5) is 16.0. The summed E-state index contributed by atoms with van der Waals surface area (Å²) >= 11 is 1.25. The SMILES string of the molecule is COc1ccc(CC(=O)Nc2nsc(C)n2)cc1OC. The van der Waals surface area contributed by atoms with Crippen molar-refractivity contribution in [1.29, 1.82) is 0 Å². The van der Waals surface area contributed by atoms with Crippen LogP contribution in [0.25, 0.3) is 0 Å². The van der Waals surface area contributed by atoms with E-state index in [4.69, 9.17) is 9.47 Å². The van der Waals surface area contributed by atoms with Gasteiger partial charge in [-0.1, -0.05) is 6.07 Å². The Hall–Kier alpha value is -2.15. The molecular formula is C13H15N3O3S. The number of aryl methyl sites for hydroxylation is 1. The maximum Gasteiger partial charge on any atom is 0.241 e. The highest BCUT2D eigenvalue weighted by molar-refractivity contribution is 7.05. The van der Waals surface area contributed by atoms with Crippen LogP contribution < -0.4 is 14.8 Å². The highest BCUT2D eigenvalue weighted by Gasteiger charge is 2.10. The van der Waals surface area contributed by atoms with E-state index < -0.39 is 0 Å². The molecule has 1 amide bonds. The van der Waals surface area contributed by atoms with Crippen LogP contribution in [0, 0.1) is 6.92 Å². The minimum Gasteiger partial charge on any atom is -0.493 e. The normalized spacial score (nSPS) is 10.2. The van der Waals surface area contributed by atoms with Crippen LogP contribution >= 0.6 is 11.5 Å². The van der Waals surface area contributed by atoms with Gasteiger partial charge in [0, 0.05) is 0 Å². The summed E-state index contributed by atoms with van der Waals surface area (Å²) < 4.78 is 14.4. The zero-order valence-corrected chi connectivity index (χ0v) is 12.3. The van der Waals surface area contributed by atoms with E-state index in [-0.39, 0.29) is 12.3 Å². The van der Waals surface area contributed by atoms with E-state index in [1.807, 2.05) is 13.0 Å². The van der Waals surface area contributed by atoms with Gasteiger partial charge in [-0.25, -0.2) is 4.98 Å². The Labute approximate surface area is 120 Å². The van der Waals surface area contributed by atoms with Crippen molar-refractivity contribution in [2.24, 2.45) is 0 Å². The summed E-state index contributed by atoms with van der Waals surface area (Å²) in [7, 11) is 3.13. The quantitative estimate of drug-likeness (QED) is 0.913. The number of amides is 1. The van der Waals surface area contributed by atoms with Gasteiger partial charge in [-0.3, -0.25) is 10.1 Å². The Bertz CT molecular complexity index is 613. The molecule has 0 unspecified atom stereocenters. The molecule has 0 spiro atoms. The van der Waals surface area contributed by atoms with Gasteiger partial charge in [-0.05, 0) is 36.2 Å². The second-order valence-corrected chi connectivity index (χ2v) is 5.01. The molecule has 106 valence electrons. The second kappa shape index (κ2) is 6.33. The first-order valence-corrected chi connectivity index (χ1v) is 6.70. The summed E-state index contributed by atoms with van der Waals surface area (Å²) in [5.74, 6) is 1.40. The van der Waals surface area contributed by atoms with Crippen LogP contribution in [0.5, 0.6) is 11.5 Å². The molecule has 2 rings (SSSR count). The Balaban J connectivity index is 2.04. The minimum atomic E-state index is -0.171. The van der Waals surface area contributed by atoms with Crippen molar-refractivity contribution in [3.05, 3.63) is 28.8 Å². The molecular weight excluding hydrogens is 278 g/mol. The predicted molar refractivity (Wildman–Crippen MR) is 76.5 cm³/mol. The molecule has 0 radical (unpaired) electrons. The van der Waals surface area contributed by atoms with Gasteiger partial charge >= 0.3 is 0 Å². The first kappa shape index (κ1) is 14.3. The van der Waals surface area contributed by atoms with Gasteiger partial charge in [0.15, 0.2) is 11.5 Å². The average molecular weight is 293 g/mol. The van der Waals surface area contributed by atoms with E-state index in [9.17, 15) is 4.79 Å². The van der Waals surface area contributed by atoms with Gasteiger partial charge in [0.1, 0.15) is 5.01 Å². The molecule has 2 aromatic rings. The van der Waals surface area contributed by atoms with E-state index in [0.29, 0.717) is 17.4 Å². The average Bonchev–Trinajstić information content (AvgIpc) is 2.83. The number of carbonyl (C=O) groups excluding carboxylic acids is 1. The van der Waals surface area contributed by atoms with E-state index in [1.54, 1.807) is 26.4 Å². The molecule has 0 saturated heterocycles. The lowest BCUT2D eigenvalue weighted by atomic mass is 10.1. The first-order valence-electron chi connectivity index (χ1n) is 5.93. The van der Waals surface area contributed by atoms with E-state index in [0.717, 1.165) is 10.6 Å². The topological polar surface area (TPSA) is 73.3 Å². The lowest BCUT2D eigenvalue weighted by Gasteiger charge is -2.09. The number of carbonyl (C=O) groups is 1. The minimum absolute atomic E-state index is 0.171. The van der Waals surface area contributed by atoms with Crippen molar-refractivity contribution >= 4 is 23.4 Å². The van der Waals surface area contributed by atoms with Crippen LogP contribution in [-0.4, -0.2) is 29.5 Å². The van der Waals surface area contributed by atoms with Gasteiger partial charge in [0.25, 0.3) is 0 Å². The highest BCUT2D eigenvalue weighted by atomic mass is 32.1. The number of methoxy groups -OCH3 is 2. The third-order valence-electron chi connectivity index (χ3n) is 2.59. The Morgan fingerprint density at radius 2 is 2.05 bits per heavy atom. The molecule has 1 aromatic heterocycles. The van der Waals surface area contributed by atoms with Crippen molar-refractivity contribution in [2.45, 2.75) is 13.3 Å². The van der Waals surface area contributed by atoms with Crippen LogP contribution in [0.2, 0.25) is 0 Å². The molecule has 1 aromatic carbocycles. The highest BCUT2D eigenvalue weighted by Crippen LogP contribution is 2.27. The largest absolute Gasteiger partial charge is 0.493 e. The molecule has 0 atom stereocenters. The molecule has 0 fully saturated rings. The number of nitrogens with zero attached hydrogens (tertiary/aromatic N) is 2. The molecule has 1 heterocycles. The molecule has 0 aliphatic rings. The zero-order valence-electron chi connectivity index (χ0n) is 11.5. The lowest BCUT2D eigenvalue weighted by Crippen LogP contribution is -2.15. The van der Waals surface area contributed by atoms with Crippen LogP contribution in [0.1, 0.15) is 10.6 Å². The fourth-order valence-electron chi connectivity index (χ4n) is 1.69. The van der Waals surface area contributed by atoms with Crippen molar-refractivity contribution in [2.75, 3.05) is 19.5 Å². The van der Waals surface area contributed by atoms with Gasteiger partial charge in [-0.2, -0.15) is 4.37 Å². The molecule has 0 bridgehead atoms. The van der Waals surface area contributed by atoms with Crippen LogP contribution in [0.3, 0.4) is 0 Å². The number of rotatable bonds is 5. The maximum atomic E-state index is 11.9. The molecule has 1 N–H and O–H groups in total. The van der Waals surface area contributed by atoms with Gasteiger partial charge in [0.2, 0.25) is 11.9 Å². The summed E-state index contributed by atoms with van der Waals surface area (Å²) in [6.07, 6.45) is 0.221. The Kier molecular flexibility index (Phi) is 4.52. The second-order valence-electron chi connectivity index (χ2n) is 4.05. The van der Waals surface area contributed by atoms with Crippen molar-refractivity contribution in [1.82, 2.24) is 9.36 Å². The third kappa shape index (κ3) is 3.45.